The number of carbonyl (C=O) groups excluding carboxylic acids is 2. The smallest absolute Gasteiger partial charge is 0.407 e. The number of alkyl carbamates (subject to hydrolysis) is 1. The van der Waals surface area contributed by atoms with Gasteiger partial charge in [-0.15, -0.1) is 0 Å². The molecule has 0 aliphatic rings. The molecule has 8 heteroatoms. The van der Waals surface area contributed by atoms with Crippen molar-refractivity contribution >= 4 is 12.0 Å². The summed E-state index contributed by atoms with van der Waals surface area (Å²) in [7, 11) is 0. The van der Waals surface area contributed by atoms with E-state index in [0.29, 0.717) is 25.4 Å². The molecule has 3 rings (SSSR count). The van der Waals surface area contributed by atoms with Crippen molar-refractivity contribution in [2.45, 2.75) is 79.6 Å². The Bertz CT molecular complexity index is 1270. The molecule has 4 N–H and O–H groups in total. The number of nitrogens with two attached hydrogens (primary N) is 1. The second-order valence-electron chi connectivity index (χ2n) is 11.2. The van der Waals surface area contributed by atoms with Crippen LogP contribution in [-0.4, -0.2) is 27.5 Å². The molecule has 0 aliphatic heterocycles. The third kappa shape index (κ3) is 8.89. The molecule has 208 valence electrons. The minimum atomic E-state index is -0.501. The molecule has 0 atom stereocenters. The second-order valence-corrected chi connectivity index (χ2v) is 11.2. The number of aryl methyl sites for hydroxylation is 1. The Morgan fingerprint density at radius 2 is 1.77 bits per heavy atom. The van der Waals surface area contributed by atoms with Crippen LogP contribution in [0.1, 0.15) is 68.3 Å². The lowest BCUT2D eigenvalue weighted by atomic mass is 9.88. The lowest BCUT2D eigenvalue weighted by Gasteiger charge is -2.23. The van der Waals surface area contributed by atoms with Crippen LogP contribution in [0, 0.1) is 12.8 Å². The highest BCUT2D eigenvalue weighted by Crippen LogP contribution is 2.34. The van der Waals surface area contributed by atoms with E-state index in [0.717, 1.165) is 44.8 Å². The van der Waals surface area contributed by atoms with E-state index in [-0.39, 0.29) is 18.9 Å². The van der Waals surface area contributed by atoms with Crippen molar-refractivity contribution in [1.82, 2.24) is 20.6 Å². The van der Waals surface area contributed by atoms with Crippen LogP contribution < -0.4 is 16.4 Å². The van der Waals surface area contributed by atoms with Gasteiger partial charge < -0.3 is 21.1 Å². The quantitative estimate of drug-likeness (QED) is 0.339. The third-order valence-corrected chi connectivity index (χ3v) is 6.15. The number of nitrogens with zero attached hydrogens (tertiary/aromatic N) is 2. The van der Waals surface area contributed by atoms with Gasteiger partial charge in [0.2, 0.25) is 5.91 Å². The molecule has 2 heterocycles. The highest BCUT2D eigenvalue weighted by Gasteiger charge is 2.23. The van der Waals surface area contributed by atoms with Crippen molar-refractivity contribution in [3.63, 3.8) is 0 Å². The van der Waals surface area contributed by atoms with Gasteiger partial charge in [-0.1, -0.05) is 44.2 Å². The zero-order valence-corrected chi connectivity index (χ0v) is 23.9. The number of ether oxygens (including phenoxy) is 1. The van der Waals surface area contributed by atoms with Crippen LogP contribution in [0.5, 0.6) is 0 Å². The Morgan fingerprint density at radius 1 is 1.05 bits per heavy atom. The Kier molecular flexibility index (Phi) is 10.2. The maximum absolute atomic E-state index is 13.1. The molecule has 0 bridgehead atoms. The second kappa shape index (κ2) is 13.3. The molecule has 2 aromatic heterocycles. The Morgan fingerprint density at radius 3 is 2.36 bits per heavy atom. The topological polar surface area (TPSA) is 119 Å². The van der Waals surface area contributed by atoms with Gasteiger partial charge in [0.05, 0.1) is 6.42 Å². The van der Waals surface area contributed by atoms with Crippen molar-refractivity contribution in [3.05, 3.63) is 82.4 Å². The van der Waals surface area contributed by atoms with Crippen LogP contribution in [-0.2, 0) is 42.1 Å². The van der Waals surface area contributed by atoms with Gasteiger partial charge in [0, 0.05) is 48.0 Å². The van der Waals surface area contributed by atoms with Gasteiger partial charge in [-0.05, 0) is 73.9 Å². The number of rotatable bonds is 10. The molecule has 0 fully saturated rings. The van der Waals surface area contributed by atoms with Crippen molar-refractivity contribution in [1.29, 1.82) is 0 Å². The van der Waals surface area contributed by atoms with E-state index in [1.165, 1.54) is 0 Å². The van der Waals surface area contributed by atoms with Gasteiger partial charge in [0.1, 0.15) is 6.61 Å². The van der Waals surface area contributed by atoms with Crippen molar-refractivity contribution in [2.75, 3.05) is 0 Å². The number of hydrogen-bond donors (Lipinski definition) is 3. The fourth-order valence-corrected chi connectivity index (χ4v) is 4.33. The van der Waals surface area contributed by atoms with Gasteiger partial charge in [-0.25, -0.2) is 4.79 Å². The zero-order valence-electron chi connectivity index (χ0n) is 23.9. The van der Waals surface area contributed by atoms with Gasteiger partial charge >= 0.3 is 6.09 Å². The molecule has 0 saturated carbocycles. The normalized spacial score (nSPS) is 11.4. The van der Waals surface area contributed by atoms with Crippen molar-refractivity contribution < 1.29 is 14.3 Å². The predicted molar refractivity (Wildman–Crippen MR) is 154 cm³/mol. The molecule has 1 aromatic carbocycles. The lowest BCUT2D eigenvalue weighted by Crippen LogP contribution is -2.40. The molecule has 3 aromatic rings. The Hall–Kier alpha value is -3.78. The number of nitrogens with one attached hydrogen (secondary N) is 2. The van der Waals surface area contributed by atoms with Crippen LogP contribution in [0.4, 0.5) is 4.79 Å². The Labute approximate surface area is 231 Å². The van der Waals surface area contributed by atoms with Gasteiger partial charge in [-0.2, -0.15) is 0 Å². The van der Waals surface area contributed by atoms with Crippen LogP contribution >= 0.6 is 0 Å². The molecule has 0 unspecified atom stereocenters. The van der Waals surface area contributed by atoms with Crippen LogP contribution in [0.2, 0.25) is 0 Å². The SMILES string of the molecule is Cc1nc(CC(C)C)c(COC(=O)NC(C)(C)C)c(-c2ccc(CN)cc2)c1CC(=O)NCc1cccnc1. The summed E-state index contributed by atoms with van der Waals surface area (Å²) >= 11 is 0. The molecular formula is C31H41N5O3. The van der Waals surface area contributed by atoms with Crippen molar-refractivity contribution in [2.24, 2.45) is 11.7 Å². The summed E-state index contributed by atoms with van der Waals surface area (Å²) in [6.07, 6.45) is 3.78. The van der Waals surface area contributed by atoms with E-state index >= 15 is 0 Å². The van der Waals surface area contributed by atoms with Crippen LogP contribution in [0.3, 0.4) is 0 Å². The van der Waals surface area contributed by atoms with Gasteiger partial charge in [0.15, 0.2) is 0 Å². The molecule has 39 heavy (non-hydrogen) atoms. The third-order valence-electron chi connectivity index (χ3n) is 6.15. The van der Waals surface area contributed by atoms with Crippen LogP contribution in [0.25, 0.3) is 11.1 Å². The molecular weight excluding hydrogens is 490 g/mol. The first kappa shape index (κ1) is 29.8. The fraction of sp³-hybridized carbons (Fsp3) is 0.419. The summed E-state index contributed by atoms with van der Waals surface area (Å²) in [5.74, 6) is 0.206. The average molecular weight is 532 g/mol. The summed E-state index contributed by atoms with van der Waals surface area (Å²) in [5, 5.41) is 5.85. The number of pyridine rings is 2. The first-order chi connectivity index (χ1) is 18.5. The van der Waals surface area contributed by atoms with Gasteiger partial charge in [0.25, 0.3) is 0 Å². The number of hydrogen-bond acceptors (Lipinski definition) is 6. The highest BCUT2D eigenvalue weighted by molar-refractivity contribution is 5.84. The Balaban J connectivity index is 2.05. The van der Waals surface area contributed by atoms with Crippen molar-refractivity contribution in [3.8, 4) is 11.1 Å². The standard InChI is InChI=1S/C31H41N5O3/c1-20(2)14-27-26(19-39-30(38)36-31(4,5)6)29(24-11-9-22(16-32)10-12-24)25(21(3)35-27)15-28(37)34-18-23-8-7-13-33-17-23/h7-13,17,20H,14-16,18-19,32H2,1-6H3,(H,34,37)(H,36,38). The highest BCUT2D eigenvalue weighted by atomic mass is 16.5. The van der Waals surface area contributed by atoms with E-state index in [1.807, 2.05) is 64.1 Å². The largest absolute Gasteiger partial charge is 0.445 e. The maximum Gasteiger partial charge on any atom is 0.407 e. The van der Waals surface area contributed by atoms with Crippen LogP contribution in [0.15, 0.2) is 48.8 Å². The molecule has 2 amide bonds. The minimum Gasteiger partial charge on any atom is -0.445 e. The van der Waals surface area contributed by atoms with E-state index in [9.17, 15) is 9.59 Å². The summed E-state index contributed by atoms with van der Waals surface area (Å²) in [6, 6.07) is 11.7. The number of amides is 2. The molecule has 0 radical (unpaired) electrons. The first-order valence-corrected chi connectivity index (χ1v) is 13.4. The summed E-state index contributed by atoms with van der Waals surface area (Å²) < 4.78 is 5.72. The number of carbonyl (C=O) groups is 2. The zero-order chi connectivity index (χ0) is 28.6. The summed E-state index contributed by atoms with van der Waals surface area (Å²) in [6.45, 7) is 12.7. The van der Waals surface area contributed by atoms with E-state index in [4.69, 9.17) is 15.5 Å². The molecule has 0 aliphatic carbocycles. The lowest BCUT2D eigenvalue weighted by molar-refractivity contribution is -0.120. The number of benzene rings is 1. The van der Waals surface area contributed by atoms with E-state index in [2.05, 4.69) is 29.5 Å². The summed E-state index contributed by atoms with van der Waals surface area (Å²) in [5.41, 5.74) is 12.4. The predicted octanol–water partition coefficient (Wildman–Crippen LogP) is 4.99. The summed E-state index contributed by atoms with van der Waals surface area (Å²) in [4.78, 5) is 34.8. The fourth-order valence-electron chi connectivity index (χ4n) is 4.33. The van der Waals surface area contributed by atoms with E-state index < -0.39 is 11.6 Å². The maximum atomic E-state index is 13.1. The average Bonchev–Trinajstić information content (AvgIpc) is 2.87. The number of aromatic nitrogens is 2. The van der Waals surface area contributed by atoms with Gasteiger partial charge in [-0.3, -0.25) is 14.8 Å². The molecule has 0 saturated heterocycles. The first-order valence-electron chi connectivity index (χ1n) is 13.4. The molecule has 0 spiro atoms. The monoisotopic (exact) mass is 531 g/mol. The van der Waals surface area contributed by atoms with E-state index in [1.54, 1.807) is 12.4 Å². The minimum absolute atomic E-state index is 0.0372. The molecule has 8 nitrogen and oxygen atoms in total.